The summed E-state index contributed by atoms with van der Waals surface area (Å²) >= 11 is 15.5. The number of rotatable bonds is 8. The molecule has 8 heteroatoms. The molecule has 2 aromatic carbocycles. The number of carbonyl (C=O) groups excluding carboxylic acids is 2. The molecule has 0 saturated carbocycles. The summed E-state index contributed by atoms with van der Waals surface area (Å²) in [4.78, 5) is 27.7. The van der Waals surface area contributed by atoms with Crippen LogP contribution >= 0.6 is 39.1 Å². The van der Waals surface area contributed by atoms with Crippen LogP contribution in [0.15, 0.2) is 46.9 Å². The van der Waals surface area contributed by atoms with E-state index in [4.69, 9.17) is 27.9 Å². The van der Waals surface area contributed by atoms with Gasteiger partial charge in [-0.25, -0.2) is 0 Å². The number of benzene rings is 2. The second kappa shape index (κ2) is 11.2. The SMILES string of the molecule is CCC(C(=O)NC(C)(C)C)N(Cc1ccc(Cl)cc1)C(=O)COc1ccc(Br)cc1Cl. The molecular formula is C23H27BrCl2N2O3. The van der Waals surface area contributed by atoms with Gasteiger partial charge in [-0.2, -0.15) is 0 Å². The topological polar surface area (TPSA) is 58.6 Å². The van der Waals surface area contributed by atoms with Gasteiger partial charge in [0.1, 0.15) is 11.8 Å². The molecule has 31 heavy (non-hydrogen) atoms. The van der Waals surface area contributed by atoms with Crippen LogP contribution in [-0.4, -0.2) is 34.9 Å². The zero-order valence-corrected chi connectivity index (χ0v) is 21.1. The quantitative estimate of drug-likeness (QED) is 0.466. The molecule has 1 unspecified atom stereocenters. The Balaban J connectivity index is 2.24. The van der Waals surface area contributed by atoms with Crippen molar-refractivity contribution in [1.29, 1.82) is 0 Å². The molecule has 5 nitrogen and oxygen atoms in total. The van der Waals surface area contributed by atoms with Gasteiger partial charge < -0.3 is 15.0 Å². The zero-order chi connectivity index (χ0) is 23.2. The van der Waals surface area contributed by atoms with Crippen molar-refractivity contribution >= 4 is 50.9 Å². The van der Waals surface area contributed by atoms with E-state index in [1.807, 2.05) is 39.8 Å². The van der Waals surface area contributed by atoms with Crippen LogP contribution in [0.5, 0.6) is 5.75 Å². The molecule has 2 aromatic rings. The van der Waals surface area contributed by atoms with Crippen LogP contribution in [0.3, 0.4) is 0 Å². The van der Waals surface area contributed by atoms with E-state index in [-0.39, 0.29) is 25.0 Å². The first-order chi connectivity index (χ1) is 14.5. The Hall–Kier alpha value is -1.76. The largest absolute Gasteiger partial charge is 0.482 e. The highest BCUT2D eigenvalue weighted by Crippen LogP contribution is 2.28. The maximum Gasteiger partial charge on any atom is 0.261 e. The van der Waals surface area contributed by atoms with Gasteiger partial charge in [0.25, 0.3) is 5.91 Å². The number of ether oxygens (including phenoxy) is 1. The highest BCUT2D eigenvalue weighted by molar-refractivity contribution is 9.10. The second-order valence-electron chi connectivity index (χ2n) is 8.17. The van der Waals surface area contributed by atoms with Crippen LogP contribution in [0, 0.1) is 0 Å². The molecule has 0 aliphatic rings. The second-order valence-corrected chi connectivity index (χ2v) is 9.93. The van der Waals surface area contributed by atoms with Crippen molar-refractivity contribution < 1.29 is 14.3 Å². The molecule has 1 atom stereocenters. The minimum absolute atomic E-state index is 0.209. The summed E-state index contributed by atoms with van der Waals surface area (Å²) in [7, 11) is 0. The molecular weight excluding hydrogens is 503 g/mol. The molecule has 0 aliphatic heterocycles. The standard InChI is InChI=1S/C23H27BrCl2N2O3/c1-5-19(22(30)27-23(2,3)4)28(13-15-6-9-17(25)10-7-15)21(29)14-31-20-11-8-16(24)12-18(20)26/h6-12,19H,5,13-14H2,1-4H3,(H,27,30). The Labute approximate surface area is 202 Å². The zero-order valence-electron chi connectivity index (χ0n) is 18.0. The summed E-state index contributed by atoms with van der Waals surface area (Å²) in [5.41, 5.74) is 0.447. The Kier molecular flexibility index (Phi) is 9.22. The maximum atomic E-state index is 13.2. The molecule has 0 aliphatic carbocycles. The fraction of sp³-hybridized carbons (Fsp3) is 0.391. The average molecular weight is 530 g/mol. The van der Waals surface area contributed by atoms with E-state index in [1.165, 1.54) is 4.90 Å². The number of hydrogen-bond acceptors (Lipinski definition) is 3. The van der Waals surface area contributed by atoms with Crippen molar-refractivity contribution in [3.8, 4) is 5.75 Å². The van der Waals surface area contributed by atoms with Crippen LogP contribution in [0.2, 0.25) is 10.0 Å². The van der Waals surface area contributed by atoms with Crippen LogP contribution in [-0.2, 0) is 16.1 Å². The highest BCUT2D eigenvalue weighted by Gasteiger charge is 2.31. The molecule has 0 radical (unpaired) electrons. The van der Waals surface area contributed by atoms with Crippen LogP contribution in [0.25, 0.3) is 0 Å². The van der Waals surface area contributed by atoms with E-state index in [0.717, 1.165) is 10.0 Å². The smallest absolute Gasteiger partial charge is 0.261 e. The van der Waals surface area contributed by atoms with Gasteiger partial charge >= 0.3 is 0 Å². The molecule has 1 N–H and O–H groups in total. The van der Waals surface area contributed by atoms with E-state index in [9.17, 15) is 9.59 Å². The third kappa shape index (κ3) is 8.02. The summed E-state index contributed by atoms with van der Waals surface area (Å²) in [6, 6.07) is 11.7. The van der Waals surface area contributed by atoms with Gasteiger partial charge in [0.05, 0.1) is 5.02 Å². The third-order valence-electron chi connectivity index (χ3n) is 4.40. The molecule has 0 bridgehead atoms. The van der Waals surface area contributed by atoms with Gasteiger partial charge in [0, 0.05) is 21.6 Å². The Bertz CT molecular complexity index is 914. The minimum Gasteiger partial charge on any atom is -0.482 e. The Morgan fingerprint density at radius 2 is 1.77 bits per heavy atom. The molecule has 0 spiro atoms. The lowest BCUT2D eigenvalue weighted by atomic mass is 10.1. The lowest BCUT2D eigenvalue weighted by Gasteiger charge is -2.33. The van der Waals surface area contributed by atoms with Gasteiger partial charge in [-0.3, -0.25) is 9.59 Å². The van der Waals surface area contributed by atoms with Gasteiger partial charge in [0.15, 0.2) is 6.61 Å². The summed E-state index contributed by atoms with van der Waals surface area (Å²) in [6.07, 6.45) is 0.459. The van der Waals surface area contributed by atoms with Gasteiger partial charge in [-0.15, -0.1) is 0 Å². The fourth-order valence-electron chi connectivity index (χ4n) is 2.97. The molecule has 0 saturated heterocycles. The van der Waals surface area contributed by atoms with E-state index < -0.39 is 11.6 Å². The van der Waals surface area contributed by atoms with E-state index in [2.05, 4.69) is 21.2 Å². The van der Waals surface area contributed by atoms with Gasteiger partial charge in [-0.05, 0) is 63.1 Å². The fourth-order valence-corrected chi connectivity index (χ4v) is 3.83. The first-order valence-electron chi connectivity index (χ1n) is 9.94. The number of carbonyl (C=O) groups is 2. The summed E-state index contributed by atoms with van der Waals surface area (Å²) < 4.78 is 6.48. The van der Waals surface area contributed by atoms with Crippen molar-refractivity contribution in [3.05, 3.63) is 62.5 Å². The number of halogens is 3. The molecule has 0 heterocycles. The van der Waals surface area contributed by atoms with Crippen molar-refractivity contribution in [2.45, 2.75) is 52.2 Å². The minimum atomic E-state index is -0.647. The lowest BCUT2D eigenvalue weighted by molar-refractivity contribution is -0.143. The summed E-state index contributed by atoms with van der Waals surface area (Å²) in [5.74, 6) is -0.124. The molecule has 2 rings (SSSR count). The predicted octanol–water partition coefficient (Wildman–Crippen LogP) is 5.86. The molecule has 168 valence electrons. The Morgan fingerprint density at radius 1 is 1.13 bits per heavy atom. The molecule has 0 aromatic heterocycles. The van der Waals surface area contributed by atoms with Crippen LogP contribution in [0.1, 0.15) is 39.7 Å². The van der Waals surface area contributed by atoms with Gasteiger partial charge in [-0.1, -0.05) is 58.2 Å². The predicted molar refractivity (Wildman–Crippen MR) is 129 cm³/mol. The van der Waals surface area contributed by atoms with Crippen LogP contribution in [0.4, 0.5) is 0 Å². The van der Waals surface area contributed by atoms with Crippen molar-refractivity contribution in [1.82, 2.24) is 10.2 Å². The normalized spacial score (nSPS) is 12.2. The van der Waals surface area contributed by atoms with Crippen LogP contribution < -0.4 is 10.1 Å². The highest BCUT2D eigenvalue weighted by atomic mass is 79.9. The number of nitrogens with zero attached hydrogens (tertiary/aromatic N) is 1. The first-order valence-corrected chi connectivity index (χ1v) is 11.5. The Morgan fingerprint density at radius 3 is 2.32 bits per heavy atom. The summed E-state index contributed by atoms with van der Waals surface area (Å²) in [5, 5.41) is 3.97. The third-order valence-corrected chi connectivity index (χ3v) is 5.44. The van der Waals surface area contributed by atoms with E-state index in [1.54, 1.807) is 30.3 Å². The van der Waals surface area contributed by atoms with E-state index >= 15 is 0 Å². The monoisotopic (exact) mass is 528 g/mol. The van der Waals surface area contributed by atoms with Gasteiger partial charge in [0.2, 0.25) is 5.91 Å². The number of amides is 2. The number of hydrogen-bond donors (Lipinski definition) is 1. The maximum absolute atomic E-state index is 13.2. The van der Waals surface area contributed by atoms with Crippen molar-refractivity contribution in [2.75, 3.05) is 6.61 Å². The van der Waals surface area contributed by atoms with E-state index in [0.29, 0.717) is 22.2 Å². The first kappa shape index (κ1) is 25.5. The summed E-state index contributed by atoms with van der Waals surface area (Å²) in [6.45, 7) is 7.60. The molecule has 2 amide bonds. The lowest BCUT2D eigenvalue weighted by Crippen LogP contribution is -2.54. The van der Waals surface area contributed by atoms with Crippen molar-refractivity contribution in [2.24, 2.45) is 0 Å². The average Bonchev–Trinajstić information content (AvgIpc) is 2.67. The molecule has 0 fully saturated rings. The number of nitrogens with one attached hydrogen (secondary N) is 1. The van der Waals surface area contributed by atoms with Crippen molar-refractivity contribution in [3.63, 3.8) is 0 Å².